The summed E-state index contributed by atoms with van der Waals surface area (Å²) in [5, 5.41) is 3.66. The molecule has 2 aromatic rings. The number of hydrogen-bond donors (Lipinski definition) is 2. The van der Waals surface area contributed by atoms with Gasteiger partial charge in [0, 0.05) is 30.0 Å². The Morgan fingerprint density at radius 3 is 2.61 bits per heavy atom. The zero-order valence-electron chi connectivity index (χ0n) is 13.4. The highest BCUT2D eigenvalue weighted by atomic mass is 14.9. The quantitative estimate of drug-likeness (QED) is 0.674. The van der Waals surface area contributed by atoms with Gasteiger partial charge < -0.3 is 11.1 Å². The van der Waals surface area contributed by atoms with Crippen LogP contribution in [-0.2, 0) is 6.54 Å². The van der Waals surface area contributed by atoms with Crippen molar-refractivity contribution >= 4 is 5.69 Å². The summed E-state index contributed by atoms with van der Waals surface area (Å²) in [6.07, 6.45) is 8.53. The van der Waals surface area contributed by atoms with Gasteiger partial charge in [-0.3, -0.25) is 0 Å². The Kier molecular flexibility index (Phi) is 5.29. The minimum absolute atomic E-state index is 0.668. The molecule has 3 N–H and O–H groups in total. The molecule has 0 radical (unpaired) electrons. The molecule has 3 heteroatoms. The molecule has 0 spiro atoms. The molecule has 1 fully saturated rings. The lowest BCUT2D eigenvalue weighted by Gasteiger charge is -2.22. The van der Waals surface area contributed by atoms with Gasteiger partial charge >= 0.3 is 0 Å². The highest BCUT2D eigenvalue weighted by Crippen LogP contribution is 2.17. The van der Waals surface area contributed by atoms with E-state index in [0.717, 1.165) is 23.5 Å². The van der Waals surface area contributed by atoms with Crippen molar-refractivity contribution in [2.24, 2.45) is 0 Å². The lowest BCUT2D eigenvalue weighted by Crippen LogP contribution is -2.30. The number of nitrogens with zero attached hydrogens (tertiary/aromatic N) is 1. The Morgan fingerprint density at radius 1 is 1.04 bits per heavy atom. The van der Waals surface area contributed by atoms with E-state index in [2.05, 4.69) is 34.3 Å². The lowest BCUT2D eigenvalue weighted by molar-refractivity contribution is 0.372. The molecule has 0 bridgehead atoms. The molecule has 0 aliphatic heterocycles. The maximum Gasteiger partial charge on any atom is 0.113 e. The van der Waals surface area contributed by atoms with E-state index >= 15 is 0 Å². The van der Waals surface area contributed by atoms with Gasteiger partial charge in [0.05, 0.1) is 0 Å². The summed E-state index contributed by atoms with van der Waals surface area (Å²) in [6.45, 7) is 0.893. The summed E-state index contributed by atoms with van der Waals surface area (Å²) in [4.78, 5) is 4.34. The molecule has 1 aromatic carbocycles. The van der Waals surface area contributed by atoms with Crippen LogP contribution in [0.5, 0.6) is 0 Å². The van der Waals surface area contributed by atoms with Gasteiger partial charge in [0.15, 0.2) is 0 Å². The summed E-state index contributed by atoms with van der Waals surface area (Å²) in [7, 11) is 0. The van der Waals surface area contributed by atoms with Crippen LogP contribution < -0.4 is 11.1 Å². The molecule has 1 aliphatic rings. The maximum absolute atomic E-state index is 5.68. The third-order valence-electron chi connectivity index (χ3n) is 4.27. The largest absolute Gasteiger partial charge is 0.399 e. The van der Waals surface area contributed by atoms with Crippen molar-refractivity contribution in [3.63, 3.8) is 0 Å². The third kappa shape index (κ3) is 4.84. The highest BCUT2D eigenvalue weighted by Gasteiger charge is 2.12. The van der Waals surface area contributed by atoms with Crippen LogP contribution in [0.1, 0.15) is 48.9 Å². The van der Waals surface area contributed by atoms with E-state index in [1.165, 1.54) is 37.7 Å². The molecule has 23 heavy (non-hydrogen) atoms. The highest BCUT2D eigenvalue weighted by molar-refractivity contribution is 5.46. The van der Waals surface area contributed by atoms with Crippen molar-refractivity contribution in [2.45, 2.75) is 44.7 Å². The van der Waals surface area contributed by atoms with Gasteiger partial charge in [-0.2, -0.15) is 0 Å². The molecule has 3 nitrogen and oxygen atoms in total. The number of pyridine rings is 1. The molecule has 0 amide bonds. The predicted molar refractivity (Wildman–Crippen MR) is 94.8 cm³/mol. The van der Waals surface area contributed by atoms with Crippen LogP contribution in [0.2, 0.25) is 0 Å². The molecular weight excluding hydrogens is 282 g/mol. The van der Waals surface area contributed by atoms with E-state index in [0.29, 0.717) is 6.04 Å². The lowest BCUT2D eigenvalue weighted by atomic mass is 9.95. The second-order valence-electron chi connectivity index (χ2n) is 6.14. The number of nitrogen functional groups attached to an aromatic ring is 1. The van der Waals surface area contributed by atoms with Crippen LogP contribution in [0.3, 0.4) is 0 Å². The van der Waals surface area contributed by atoms with Crippen molar-refractivity contribution in [3.05, 3.63) is 59.4 Å². The van der Waals surface area contributed by atoms with Gasteiger partial charge in [-0.25, -0.2) is 4.98 Å². The maximum atomic E-state index is 5.68. The topological polar surface area (TPSA) is 50.9 Å². The van der Waals surface area contributed by atoms with Crippen LogP contribution in [0.15, 0.2) is 42.6 Å². The van der Waals surface area contributed by atoms with Crippen LogP contribution >= 0.6 is 0 Å². The van der Waals surface area contributed by atoms with Crippen LogP contribution in [-0.4, -0.2) is 11.0 Å². The van der Waals surface area contributed by atoms with E-state index in [4.69, 9.17) is 5.73 Å². The summed E-state index contributed by atoms with van der Waals surface area (Å²) < 4.78 is 0. The standard InChI is InChI=1S/C20H23N3/c21-18-9-6-16(7-10-18)8-11-20-14-17(12-13-22-20)15-23-19-4-2-1-3-5-19/h6-7,9-10,12-14,19,23H,1-5,15,21H2. The molecule has 0 saturated heterocycles. The minimum Gasteiger partial charge on any atom is -0.399 e. The molecule has 118 valence electrons. The van der Waals surface area contributed by atoms with Gasteiger partial charge in [-0.15, -0.1) is 0 Å². The van der Waals surface area contributed by atoms with Gasteiger partial charge in [-0.05, 0) is 60.7 Å². The van der Waals surface area contributed by atoms with Crippen molar-refractivity contribution < 1.29 is 0 Å². The van der Waals surface area contributed by atoms with E-state index in [1.807, 2.05) is 30.5 Å². The number of rotatable bonds is 3. The third-order valence-corrected chi connectivity index (χ3v) is 4.27. The fourth-order valence-electron chi connectivity index (χ4n) is 2.92. The molecule has 1 heterocycles. The summed E-state index contributed by atoms with van der Waals surface area (Å²) in [5.74, 6) is 6.26. The zero-order chi connectivity index (χ0) is 15.9. The van der Waals surface area contributed by atoms with Gasteiger partial charge in [0.1, 0.15) is 5.69 Å². The molecule has 1 aromatic heterocycles. The smallest absolute Gasteiger partial charge is 0.113 e. The number of nitrogens with one attached hydrogen (secondary N) is 1. The number of nitrogens with two attached hydrogens (primary N) is 1. The second kappa shape index (κ2) is 7.80. The average molecular weight is 305 g/mol. The van der Waals surface area contributed by atoms with Gasteiger partial charge in [0.2, 0.25) is 0 Å². The van der Waals surface area contributed by atoms with E-state index in [1.54, 1.807) is 0 Å². The van der Waals surface area contributed by atoms with Crippen LogP contribution in [0.25, 0.3) is 0 Å². The van der Waals surface area contributed by atoms with Gasteiger partial charge in [-0.1, -0.05) is 25.2 Å². The molecule has 0 atom stereocenters. The number of benzene rings is 1. The van der Waals surface area contributed by atoms with Crippen molar-refractivity contribution in [3.8, 4) is 11.8 Å². The predicted octanol–water partition coefficient (Wildman–Crippen LogP) is 3.49. The summed E-state index contributed by atoms with van der Waals surface area (Å²) >= 11 is 0. The first-order valence-corrected chi connectivity index (χ1v) is 8.35. The number of aromatic nitrogens is 1. The fraction of sp³-hybridized carbons (Fsp3) is 0.350. The molecule has 1 saturated carbocycles. The van der Waals surface area contributed by atoms with E-state index in [9.17, 15) is 0 Å². The fourth-order valence-corrected chi connectivity index (χ4v) is 2.92. The first-order valence-electron chi connectivity index (χ1n) is 8.35. The average Bonchev–Trinajstić information content (AvgIpc) is 2.61. The van der Waals surface area contributed by atoms with E-state index in [-0.39, 0.29) is 0 Å². The summed E-state index contributed by atoms with van der Waals surface area (Å²) in [5.41, 5.74) is 9.44. The van der Waals surface area contributed by atoms with E-state index < -0.39 is 0 Å². The Hall–Kier alpha value is -2.31. The SMILES string of the molecule is Nc1ccc(C#Cc2cc(CNC3CCCCC3)ccn2)cc1. The summed E-state index contributed by atoms with van der Waals surface area (Å²) in [6, 6.07) is 12.4. The second-order valence-corrected chi connectivity index (χ2v) is 6.14. The Bertz CT molecular complexity index is 689. The minimum atomic E-state index is 0.668. The Balaban J connectivity index is 1.62. The monoisotopic (exact) mass is 305 g/mol. The van der Waals surface area contributed by atoms with Gasteiger partial charge in [0.25, 0.3) is 0 Å². The van der Waals surface area contributed by atoms with Crippen molar-refractivity contribution in [2.75, 3.05) is 5.73 Å². The first kappa shape index (κ1) is 15.6. The van der Waals surface area contributed by atoms with Crippen LogP contribution in [0.4, 0.5) is 5.69 Å². The molecule has 1 aliphatic carbocycles. The number of hydrogen-bond acceptors (Lipinski definition) is 3. The molecular formula is C20H23N3. The molecule has 3 rings (SSSR count). The van der Waals surface area contributed by atoms with Crippen molar-refractivity contribution in [1.82, 2.24) is 10.3 Å². The Labute approximate surface area is 138 Å². The zero-order valence-corrected chi connectivity index (χ0v) is 13.4. The number of anilines is 1. The van der Waals surface area contributed by atoms with Crippen LogP contribution in [0, 0.1) is 11.8 Å². The Morgan fingerprint density at radius 2 is 1.83 bits per heavy atom. The normalized spacial score (nSPS) is 15.0. The molecule has 0 unspecified atom stereocenters. The van der Waals surface area contributed by atoms with Crippen molar-refractivity contribution in [1.29, 1.82) is 0 Å². The first-order chi connectivity index (χ1) is 11.3.